The predicted octanol–water partition coefficient (Wildman–Crippen LogP) is 3.78. The van der Waals surface area contributed by atoms with Gasteiger partial charge in [-0.2, -0.15) is 4.98 Å². The average molecular weight is 383 g/mol. The highest BCUT2D eigenvalue weighted by atomic mass is 35.5. The summed E-state index contributed by atoms with van der Waals surface area (Å²) in [5, 5.41) is 7.37. The lowest BCUT2D eigenvalue weighted by molar-refractivity contribution is 0.425. The average Bonchev–Trinajstić information content (AvgIpc) is 2.68. The Morgan fingerprint density at radius 2 is 1.78 bits per heavy atom. The summed E-state index contributed by atoms with van der Waals surface area (Å²) >= 11 is 6.25. The van der Waals surface area contributed by atoms with E-state index in [0.29, 0.717) is 12.5 Å². The second kappa shape index (κ2) is 9.30. The molecule has 2 aromatic heterocycles. The van der Waals surface area contributed by atoms with Crippen LogP contribution in [-0.2, 0) is 6.54 Å². The number of rotatable bonds is 8. The van der Waals surface area contributed by atoms with Gasteiger partial charge in [-0.1, -0.05) is 29.8 Å². The molecule has 0 aliphatic rings. The van der Waals surface area contributed by atoms with E-state index in [9.17, 15) is 0 Å². The number of benzene rings is 1. The number of halogens is 1. The normalized spacial score (nSPS) is 10.8. The van der Waals surface area contributed by atoms with Gasteiger partial charge in [0.05, 0.1) is 5.69 Å². The summed E-state index contributed by atoms with van der Waals surface area (Å²) in [6.07, 6.45) is 3.51. The Labute approximate surface area is 164 Å². The van der Waals surface area contributed by atoms with Crippen molar-refractivity contribution in [3.05, 3.63) is 65.4 Å². The molecule has 7 heteroatoms. The smallest absolute Gasteiger partial charge is 0.225 e. The lowest BCUT2D eigenvalue weighted by Gasteiger charge is -2.13. The van der Waals surface area contributed by atoms with Crippen LogP contribution in [0.4, 0.5) is 11.8 Å². The fourth-order valence-corrected chi connectivity index (χ4v) is 2.71. The second-order valence-corrected chi connectivity index (χ2v) is 6.78. The third-order valence-electron chi connectivity index (χ3n) is 3.96. The Morgan fingerprint density at radius 1 is 1.00 bits per heavy atom. The first-order chi connectivity index (χ1) is 13.1. The molecule has 27 heavy (non-hydrogen) atoms. The number of nitrogens with one attached hydrogen (secondary N) is 2. The molecule has 0 bridgehead atoms. The van der Waals surface area contributed by atoms with Crippen LogP contribution >= 0.6 is 11.6 Å². The van der Waals surface area contributed by atoms with E-state index in [-0.39, 0.29) is 0 Å². The minimum atomic E-state index is 0.587. The van der Waals surface area contributed by atoms with Gasteiger partial charge in [0, 0.05) is 48.7 Å². The van der Waals surface area contributed by atoms with Crippen molar-refractivity contribution in [3.8, 4) is 11.3 Å². The molecular weight excluding hydrogens is 360 g/mol. The van der Waals surface area contributed by atoms with Crippen molar-refractivity contribution in [2.24, 2.45) is 0 Å². The van der Waals surface area contributed by atoms with Crippen LogP contribution in [0.25, 0.3) is 11.3 Å². The van der Waals surface area contributed by atoms with E-state index >= 15 is 0 Å². The van der Waals surface area contributed by atoms with Crippen molar-refractivity contribution in [1.29, 1.82) is 0 Å². The SMILES string of the molecule is CN(C)CCNc1nc(NCc2ccccc2Cl)cc(-c2ccncc2)n1. The number of hydrogen-bond donors (Lipinski definition) is 2. The zero-order chi connectivity index (χ0) is 19.1. The molecule has 0 atom stereocenters. The van der Waals surface area contributed by atoms with Gasteiger partial charge in [-0.15, -0.1) is 0 Å². The number of nitrogens with zero attached hydrogens (tertiary/aromatic N) is 4. The summed E-state index contributed by atoms with van der Waals surface area (Å²) in [5.74, 6) is 1.33. The van der Waals surface area contributed by atoms with E-state index in [0.717, 1.165) is 40.8 Å². The fraction of sp³-hybridized carbons (Fsp3) is 0.250. The first-order valence-corrected chi connectivity index (χ1v) is 9.15. The maximum atomic E-state index is 6.25. The summed E-state index contributed by atoms with van der Waals surface area (Å²) < 4.78 is 0. The zero-order valence-electron chi connectivity index (χ0n) is 15.5. The van der Waals surface area contributed by atoms with Gasteiger partial charge in [0.2, 0.25) is 5.95 Å². The quantitative estimate of drug-likeness (QED) is 0.618. The minimum Gasteiger partial charge on any atom is -0.366 e. The van der Waals surface area contributed by atoms with Crippen LogP contribution in [0.3, 0.4) is 0 Å². The number of aromatic nitrogens is 3. The highest BCUT2D eigenvalue weighted by molar-refractivity contribution is 6.31. The van der Waals surface area contributed by atoms with E-state index < -0.39 is 0 Å². The molecule has 140 valence electrons. The minimum absolute atomic E-state index is 0.587. The summed E-state index contributed by atoms with van der Waals surface area (Å²) in [4.78, 5) is 15.4. The van der Waals surface area contributed by atoms with Crippen molar-refractivity contribution in [3.63, 3.8) is 0 Å². The van der Waals surface area contributed by atoms with Crippen LogP contribution in [0.1, 0.15) is 5.56 Å². The lowest BCUT2D eigenvalue weighted by Crippen LogP contribution is -2.21. The Hall–Kier alpha value is -2.70. The number of pyridine rings is 1. The topological polar surface area (TPSA) is 66.0 Å². The third-order valence-corrected chi connectivity index (χ3v) is 4.33. The molecule has 0 unspecified atom stereocenters. The Bertz CT molecular complexity index is 869. The first-order valence-electron chi connectivity index (χ1n) is 8.77. The molecule has 0 amide bonds. The highest BCUT2D eigenvalue weighted by Crippen LogP contribution is 2.22. The summed E-state index contributed by atoms with van der Waals surface area (Å²) in [6, 6.07) is 13.6. The molecule has 0 saturated carbocycles. The largest absolute Gasteiger partial charge is 0.366 e. The molecule has 3 aromatic rings. The fourth-order valence-electron chi connectivity index (χ4n) is 2.51. The third kappa shape index (κ3) is 5.64. The van der Waals surface area contributed by atoms with Crippen LogP contribution in [0.2, 0.25) is 5.02 Å². The van der Waals surface area contributed by atoms with E-state index in [4.69, 9.17) is 11.6 Å². The van der Waals surface area contributed by atoms with Crippen LogP contribution in [0, 0.1) is 0 Å². The van der Waals surface area contributed by atoms with Crippen LogP contribution in [-0.4, -0.2) is 47.0 Å². The molecule has 6 nitrogen and oxygen atoms in total. The molecule has 3 rings (SSSR count). The van der Waals surface area contributed by atoms with Crippen LogP contribution in [0.15, 0.2) is 54.9 Å². The van der Waals surface area contributed by atoms with Gasteiger partial charge in [0.15, 0.2) is 0 Å². The number of hydrogen-bond acceptors (Lipinski definition) is 6. The van der Waals surface area contributed by atoms with E-state index in [1.54, 1.807) is 12.4 Å². The predicted molar refractivity (Wildman–Crippen MR) is 111 cm³/mol. The van der Waals surface area contributed by atoms with Crippen LogP contribution in [0.5, 0.6) is 0 Å². The van der Waals surface area contributed by atoms with Crippen LogP contribution < -0.4 is 10.6 Å². The monoisotopic (exact) mass is 382 g/mol. The van der Waals surface area contributed by atoms with Crippen molar-refractivity contribution in [1.82, 2.24) is 19.9 Å². The van der Waals surface area contributed by atoms with Crippen molar-refractivity contribution in [2.75, 3.05) is 37.8 Å². The molecule has 0 spiro atoms. The van der Waals surface area contributed by atoms with E-state index in [1.165, 1.54) is 0 Å². The van der Waals surface area contributed by atoms with Crippen molar-refractivity contribution >= 4 is 23.4 Å². The highest BCUT2D eigenvalue weighted by Gasteiger charge is 2.08. The number of likely N-dealkylation sites (N-methyl/N-ethyl adjacent to an activating group) is 1. The molecule has 1 aromatic carbocycles. The Morgan fingerprint density at radius 3 is 2.52 bits per heavy atom. The molecule has 2 N–H and O–H groups in total. The van der Waals surface area contributed by atoms with Crippen molar-refractivity contribution in [2.45, 2.75) is 6.54 Å². The lowest BCUT2D eigenvalue weighted by atomic mass is 10.2. The van der Waals surface area contributed by atoms with E-state index in [2.05, 4.69) is 30.5 Å². The van der Waals surface area contributed by atoms with E-state index in [1.807, 2.05) is 56.6 Å². The van der Waals surface area contributed by atoms with Crippen molar-refractivity contribution < 1.29 is 0 Å². The maximum Gasteiger partial charge on any atom is 0.225 e. The number of anilines is 2. The first kappa shape index (κ1) is 19.1. The summed E-state index contributed by atoms with van der Waals surface area (Å²) in [6.45, 7) is 2.24. The Balaban J connectivity index is 1.81. The maximum absolute atomic E-state index is 6.25. The van der Waals surface area contributed by atoms with Gasteiger partial charge in [-0.05, 0) is 37.9 Å². The standard InChI is InChI=1S/C20H23ClN6/c1-27(2)12-11-23-20-25-18(15-7-9-22-10-8-15)13-19(26-20)24-14-16-5-3-4-6-17(16)21/h3-10,13H,11-12,14H2,1-2H3,(H2,23,24,25,26). The van der Waals surface area contributed by atoms with Gasteiger partial charge >= 0.3 is 0 Å². The summed E-state index contributed by atoms with van der Waals surface area (Å²) in [7, 11) is 4.07. The molecule has 0 saturated heterocycles. The van der Waals surface area contributed by atoms with Gasteiger partial charge in [-0.25, -0.2) is 4.98 Å². The zero-order valence-corrected chi connectivity index (χ0v) is 16.2. The van der Waals surface area contributed by atoms with Gasteiger partial charge in [0.1, 0.15) is 5.82 Å². The molecule has 0 radical (unpaired) electrons. The molecule has 2 heterocycles. The van der Waals surface area contributed by atoms with Gasteiger partial charge in [0.25, 0.3) is 0 Å². The molecule has 0 fully saturated rings. The molecule has 0 aliphatic carbocycles. The summed E-state index contributed by atoms with van der Waals surface area (Å²) in [5.41, 5.74) is 2.84. The Kier molecular flexibility index (Phi) is 6.57. The molecular formula is C20H23ClN6. The molecule has 0 aliphatic heterocycles. The van der Waals surface area contributed by atoms with Gasteiger partial charge in [-0.3, -0.25) is 4.98 Å². The van der Waals surface area contributed by atoms with Gasteiger partial charge < -0.3 is 15.5 Å². The second-order valence-electron chi connectivity index (χ2n) is 6.37.